The standard InChI is InChI=1S/C21H28N6.HI/c1-22-19(25-17-21(9-5-10-21)18-7-3-2-4-8-18)26-13-15-27(16-14-26)20-23-11-6-12-24-20;/h2-4,6-8,11-12H,5,9-10,13-17H2,1H3,(H,22,25);1H. The number of rotatable bonds is 4. The maximum atomic E-state index is 4.55. The third-order valence-corrected chi connectivity index (χ3v) is 5.91. The van der Waals surface area contributed by atoms with Crippen LogP contribution >= 0.6 is 24.0 Å². The van der Waals surface area contributed by atoms with E-state index in [2.05, 4.69) is 60.4 Å². The number of nitrogens with one attached hydrogen (secondary N) is 1. The summed E-state index contributed by atoms with van der Waals surface area (Å²) in [7, 11) is 1.88. The highest BCUT2D eigenvalue weighted by Crippen LogP contribution is 2.43. The fraction of sp³-hybridized carbons (Fsp3) is 0.476. The van der Waals surface area contributed by atoms with Crippen LogP contribution in [0.1, 0.15) is 24.8 Å². The second kappa shape index (κ2) is 9.54. The molecule has 7 heteroatoms. The molecule has 6 nitrogen and oxygen atoms in total. The number of guanidine groups is 1. The first kappa shape index (κ1) is 20.8. The van der Waals surface area contributed by atoms with E-state index in [-0.39, 0.29) is 29.4 Å². The summed E-state index contributed by atoms with van der Waals surface area (Å²) in [6, 6.07) is 12.8. The van der Waals surface area contributed by atoms with Crippen LogP contribution < -0.4 is 10.2 Å². The Morgan fingerprint density at radius 3 is 2.29 bits per heavy atom. The minimum atomic E-state index is 0. The lowest BCUT2D eigenvalue weighted by Gasteiger charge is -2.44. The van der Waals surface area contributed by atoms with Gasteiger partial charge in [-0.25, -0.2) is 9.97 Å². The van der Waals surface area contributed by atoms with Gasteiger partial charge in [0, 0.05) is 57.6 Å². The lowest BCUT2D eigenvalue weighted by atomic mass is 9.64. The molecule has 0 unspecified atom stereocenters. The van der Waals surface area contributed by atoms with Crippen LogP contribution in [-0.4, -0.2) is 60.6 Å². The molecule has 0 amide bonds. The second-order valence-corrected chi connectivity index (χ2v) is 7.42. The molecule has 28 heavy (non-hydrogen) atoms. The van der Waals surface area contributed by atoms with Gasteiger partial charge in [0.1, 0.15) is 0 Å². The maximum Gasteiger partial charge on any atom is 0.225 e. The predicted molar refractivity (Wildman–Crippen MR) is 125 cm³/mol. The van der Waals surface area contributed by atoms with Crippen molar-refractivity contribution >= 4 is 35.9 Å². The minimum Gasteiger partial charge on any atom is -0.355 e. The van der Waals surface area contributed by atoms with Crippen molar-refractivity contribution in [3.8, 4) is 0 Å². The van der Waals surface area contributed by atoms with Crippen LogP contribution in [-0.2, 0) is 5.41 Å². The summed E-state index contributed by atoms with van der Waals surface area (Å²) in [4.78, 5) is 17.9. The molecule has 1 aromatic heterocycles. The quantitative estimate of drug-likeness (QED) is 0.404. The third kappa shape index (κ3) is 4.39. The van der Waals surface area contributed by atoms with Gasteiger partial charge >= 0.3 is 0 Å². The first-order valence-corrected chi connectivity index (χ1v) is 9.84. The van der Waals surface area contributed by atoms with E-state index in [0.29, 0.717) is 0 Å². The number of benzene rings is 1. The number of hydrogen-bond acceptors (Lipinski definition) is 4. The number of piperazine rings is 1. The summed E-state index contributed by atoms with van der Waals surface area (Å²) in [6.07, 6.45) is 7.42. The molecule has 0 radical (unpaired) electrons. The number of halogens is 1. The molecule has 2 heterocycles. The molecule has 0 atom stereocenters. The van der Waals surface area contributed by atoms with Crippen molar-refractivity contribution in [1.82, 2.24) is 20.2 Å². The fourth-order valence-corrected chi connectivity index (χ4v) is 4.12. The molecular weight excluding hydrogens is 463 g/mol. The van der Waals surface area contributed by atoms with E-state index in [1.807, 2.05) is 13.1 Å². The molecule has 2 aliphatic rings. The molecule has 1 saturated carbocycles. The van der Waals surface area contributed by atoms with Gasteiger partial charge in [-0.1, -0.05) is 36.8 Å². The molecule has 150 valence electrons. The van der Waals surface area contributed by atoms with E-state index in [1.54, 1.807) is 12.4 Å². The highest BCUT2D eigenvalue weighted by Gasteiger charge is 2.38. The van der Waals surface area contributed by atoms with Crippen LogP contribution in [0.15, 0.2) is 53.8 Å². The number of hydrogen-bond donors (Lipinski definition) is 1. The summed E-state index contributed by atoms with van der Waals surface area (Å²) in [5.41, 5.74) is 1.71. The van der Waals surface area contributed by atoms with Gasteiger partial charge in [0.15, 0.2) is 5.96 Å². The SMILES string of the molecule is CN=C(NCC1(c2ccccc2)CCC1)N1CCN(c2ncccn2)CC1.I. The van der Waals surface area contributed by atoms with Crippen molar-refractivity contribution in [3.63, 3.8) is 0 Å². The summed E-state index contributed by atoms with van der Waals surface area (Å²) >= 11 is 0. The van der Waals surface area contributed by atoms with Gasteiger partial charge in [-0.3, -0.25) is 4.99 Å². The molecule has 1 aliphatic heterocycles. The van der Waals surface area contributed by atoms with E-state index < -0.39 is 0 Å². The Morgan fingerprint density at radius 2 is 1.71 bits per heavy atom. The molecule has 0 spiro atoms. The summed E-state index contributed by atoms with van der Waals surface area (Å²) in [5.74, 6) is 1.82. The number of aliphatic imine (C=N–C) groups is 1. The van der Waals surface area contributed by atoms with Crippen molar-refractivity contribution in [2.45, 2.75) is 24.7 Å². The lowest BCUT2D eigenvalue weighted by Crippen LogP contribution is -2.55. The average Bonchev–Trinajstić information content (AvgIpc) is 2.72. The topological polar surface area (TPSA) is 56.7 Å². The Hall–Kier alpha value is -1.90. The molecule has 1 aromatic carbocycles. The van der Waals surface area contributed by atoms with Gasteiger partial charge in [0.2, 0.25) is 5.95 Å². The highest BCUT2D eigenvalue weighted by atomic mass is 127. The molecule has 4 rings (SSSR count). The Balaban J connectivity index is 0.00000225. The molecule has 0 bridgehead atoms. The van der Waals surface area contributed by atoms with E-state index in [4.69, 9.17) is 0 Å². The smallest absolute Gasteiger partial charge is 0.225 e. The Labute approximate surface area is 184 Å². The molecule has 2 aromatic rings. The Morgan fingerprint density at radius 1 is 1.04 bits per heavy atom. The van der Waals surface area contributed by atoms with E-state index in [9.17, 15) is 0 Å². The van der Waals surface area contributed by atoms with Crippen molar-refractivity contribution in [2.24, 2.45) is 4.99 Å². The van der Waals surface area contributed by atoms with Gasteiger partial charge < -0.3 is 15.1 Å². The summed E-state index contributed by atoms with van der Waals surface area (Å²) in [6.45, 7) is 4.63. The van der Waals surface area contributed by atoms with Crippen LogP contribution in [0.2, 0.25) is 0 Å². The van der Waals surface area contributed by atoms with Gasteiger partial charge in [-0.15, -0.1) is 24.0 Å². The van der Waals surface area contributed by atoms with Crippen LogP contribution in [0.4, 0.5) is 5.95 Å². The predicted octanol–water partition coefficient (Wildman–Crippen LogP) is 2.91. The first-order valence-electron chi connectivity index (χ1n) is 9.84. The lowest BCUT2D eigenvalue weighted by molar-refractivity contribution is 0.240. The van der Waals surface area contributed by atoms with Crippen LogP contribution in [0.25, 0.3) is 0 Å². The van der Waals surface area contributed by atoms with E-state index in [1.165, 1.54) is 24.8 Å². The van der Waals surface area contributed by atoms with Crippen molar-refractivity contribution in [1.29, 1.82) is 0 Å². The van der Waals surface area contributed by atoms with Crippen molar-refractivity contribution < 1.29 is 0 Å². The second-order valence-electron chi connectivity index (χ2n) is 7.42. The number of anilines is 1. The van der Waals surface area contributed by atoms with Crippen LogP contribution in [0.5, 0.6) is 0 Å². The Bertz CT molecular complexity index is 755. The van der Waals surface area contributed by atoms with E-state index in [0.717, 1.165) is 44.6 Å². The third-order valence-electron chi connectivity index (χ3n) is 5.91. The monoisotopic (exact) mass is 492 g/mol. The molecule has 2 fully saturated rings. The van der Waals surface area contributed by atoms with Gasteiger partial charge in [-0.05, 0) is 24.5 Å². The first-order chi connectivity index (χ1) is 13.3. The summed E-state index contributed by atoms with van der Waals surface area (Å²) in [5, 5.41) is 3.66. The van der Waals surface area contributed by atoms with Crippen molar-refractivity contribution in [3.05, 3.63) is 54.4 Å². The highest BCUT2D eigenvalue weighted by molar-refractivity contribution is 14.0. The zero-order valence-electron chi connectivity index (χ0n) is 16.4. The largest absolute Gasteiger partial charge is 0.355 e. The van der Waals surface area contributed by atoms with Crippen LogP contribution in [0, 0.1) is 0 Å². The zero-order chi connectivity index (χ0) is 18.5. The van der Waals surface area contributed by atoms with Gasteiger partial charge in [0.25, 0.3) is 0 Å². The average molecular weight is 492 g/mol. The molecule has 1 aliphatic carbocycles. The number of nitrogens with zero attached hydrogens (tertiary/aromatic N) is 5. The molecule has 1 N–H and O–H groups in total. The maximum absolute atomic E-state index is 4.55. The van der Waals surface area contributed by atoms with Gasteiger partial charge in [0.05, 0.1) is 0 Å². The zero-order valence-corrected chi connectivity index (χ0v) is 18.8. The van der Waals surface area contributed by atoms with Crippen molar-refractivity contribution in [2.75, 3.05) is 44.7 Å². The molecule has 1 saturated heterocycles. The number of aromatic nitrogens is 2. The Kier molecular flexibility index (Phi) is 7.09. The van der Waals surface area contributed by atoms with Gasteiger partial charge in [-0.2, -0.15) is 0 Å². The van der Waals surface area contributed by atoms with Crippen LogP contribution in [0.3, 0.4) is 0 Å². The minimum absolute atomic E-state index is 0. The molecular formula is C21H29IN6. The summed E-state index contributed by atoms with van der Waals surface area (Å²) < 4.78 is 0. The fourth-order valence-electron chi connectivity index (χ4n) is 4.12. The van der Waals surface area contributed by atoms with E-state index >= 15 is 0 Å². The normalized spacial score (nSPS) is 18.8.